The summed E-state index contributed by atoms with van der Waals surface area (Å²) in [5.74, 6) is -4.67. The molecule has 11 heteroatoms. The van der Waals surface area contributed by atoms with Gasteiger partial charge in [-0.15, -0.1) is 0 Å². The van der Waals surface area contributed by atoms with Crippen molar-refractivity contribution < 1.29 is 53.8 Å². The zero-order valence-electron chi connectivity index (χ0n) is 13.7. The number of aliphatic hydroxyl groups excluding tert-OH is 1. The lowest BCUT2D eigenvalue weighted by atomic mass is 9.98. The van der Waals surface area contributed by atoms with Crippen LogP contribution >= 0.6 is 0 Å². The number of hydrogen-bond donors (Lipinski definition) is 4. The summed E-state index contributed by atoms with van der Waals surface area (Å²) in [6, 6.07) is 0. The molecule has 0 amide bonds. The van der Waals surface area contributed by atoms with Gasteiger partial charge in [0, 0.05) is 12.8 Å². The molecule has 146 valence electrons. The largest absolute Gasteiger partial charge is 0.481 e. The predicted molar refractivity (Wildman–Crippen MR) is 80.0 cm³/mol. The fourth-order valence-corrected chi connectivity index (χ4v) is 1.50. The third-order valence-electron chi connectivity index (χ3n) is 2.83. The smallest absolute Gasteiger partial charge is 0.350 e. The van der Waals surface area contributed by atoms with Crippen LogP contribution in [0.4, 0.5) is 0 Å². The average Bonchev–Trinajstić information content (AvgIpc) is 2.57. The number of carbonyl (C=O) groups excluding carboxylic acids is 1. The molecular weight excluding hydrogens is 344 g/mol. The highest BCUT2D eigenvalue weighted by Crippen LogP contribution is 2.16. The number of carbonyl (C=O) groups is 3. The van der Waals surface area contributed by atoms with E-state index in [0.717, 1.165) is 0 Å². The van der Waals surface area contributed by atoms with Gasteiger partial charge in [-0.1, -0.05) is 0 Å². The van der Waals surface area contributed by atoms with Crippen LogP contribution in [0.3, 0.4) is 0 Å². The molecule has 25 heavy (non-hydrogen) atoms. The number of esters is 1. The van der Waals surface area contributed by atoms with Crippen LogP contribution in [-0.2, 0) is 33.3 Å². The third kappa shape index (κ3) is 10.6. The highest BCUT2D eigenvalue weighted by atomic mass is 16.6. The maximum atomic E-state index is 11.6. The molecule has 0 rings (SSSR count). The van der Waals surface area contributed by atoms with E-state index in [-0.39, 0.29) is 39.6 Å². The topological polar surface area (TPSA) is 169 Å². The van der Waals surface area contributed by atoms with Gasteiger partial charge in [0.15, 0.2) is 0 Å². The fraction of sp³-hybridized carbons (Fsp3) is 0.786. The van der Waals surface area contributed by atoms with E-state index in [1.165, 1.54) is 0 Å². The quantitative estimate of drug-likeness (QED) is 0.138. The van der Waals surface area contributed by atoms with Gasteiger partial charge in [0.1, 0.15) is 6.61 Å². The van der Waals surface area contributed by atoms with Crippen LogP contribution in [0.25, 0.3) is 0 Å². The molecule has 0 aromatic rings. The Morgan fingerprint density at radius 3 is 1.72 bits per heavy atom. The van der Waals surface area contributed by atoms with Gasteiger partial charge < -0.3 is 39.4 Å². The van der Waals surface area contributed by atoms with Crippen molar-refractivity contribution in [2.75, 3.05) is 52.9 Å². The molecule has 0 aromatic heterocycles. The monoisotopic (exact) mass is 368 g/mol. The highest BCUT2D eigenvalue weighted by molar-refractivity contribution is 6.02. The van der Waals surface area contributed by atoms with E-state index in [1.807, 2.05) is 0 Å². The average molecular weight is 368 g/mol. The summed E-state index contributed by atoms with van der Waals surface area (Å²) in [6.45, 7) is 0.936. The van der Waals surface area contributed by atoms with E-state index in [9.17, 15) is 19.5 Å². The van der Waals surface area contributed by atoms with Crippen molar-refractivity contribution in [1.82, 2.24) is 0 Å². The molecule has 0 saturated heterocycles. The number of carboxylic acids is 2. The summed E-state index contributed by atoms with van der Waals surface area (Å²) < 4.78 is 19.8. The molecule has 0 heterocycles. The van der Waals surface area contributed by atoms with E-state index in [0.29, 0.717) is 13.2 Å². The summed E-state index contributed by atoms with van der Waals surface area (Å²) >= 11 is 0. The molecule has 0 aromatic carbocycles. The van der Waals surface area contributed by atoms with Crippen molar-refractivity contribution in [3.63, 3.8) is 0 Å². The van der Waals surface area contributed by atoms with Gasteiger partial charge in [-0.05, 0) is 0 Å². The Labute approximate surface area is 144 Å². The third-order valence-corrected chi connectivity index (χ3v) is 2.83. The second-order valence-corrected chi connectivity index (χ2v) is 4.76. The van der Waals surface area contributed by atoms with Gasteiger partial charge in [-0.25, -0.2) is 9.59 Å². The Morgan fingerprint density at radius 1 is 0.800 bits per heavy atom. The van der Waals surface area contributed by atoms with E-state index in [2.05, 4.69) is 4.74 Å². The lowest BCUT2D eigenvalue weighted by molar-refractivity contribution is -0.182. The van der Waals surface area contributed by atoms with Gasteiger partial charge >= 0.3 is 17.9 Å². The molecule has 0 radical (unpaired) electrons. The van der Waals surface area contributed by atoms with E-state index >= 15 is 0 Å². The number of carboxylic acid groups (broad SMARTS) is 2. The van der Waals surface area contributed by atoms with Crippen molar-refractivity contribution in [1.29, 1.82) is 0 Å². The van der Waals surface area contributed by atoms with Crippen LogP contribution in [0.5, 0.6) is 0 Å². The van der Waals surface area contributed by atoms with Gasteiger partial charge in [0.25, 0.3) is 5.60 Å². The van der Waals surface area contributed by atoms with E-state index < -0.39 is 36.4 Å². The predicted octanol–water partition coefficient (Wildman–Crippen LogP) is -1.75. The first-order chi connectivity index (χ1) is 11.8. The van der Waals surface area contributed by atoms with Crippen LogP contribution in [0.15, 0.2) is 0 Å². The Morgan fingerprint density at radius 2 is 1.28 bits per heavy atom. The molecular formula is C14H24O11. The first kappa shape index (κ1) is 23.2. The van der Waals surface area contributed by atoms with Crippen molar-refractivity contribution >= 4 is 17.9 Å². The van der Waals surface area contributed by atoms with Gasteiger partial charge in [-0.2, -0.15) is 0 Å². The molecule has 0 aliphatic rings. The molecule has 4 N–H and O–H groups in total. The van der Waals surface area contributed by atoms with Crippen molar-refractivity contribution in [3.05, 3.63) is 0 Å². The highest BCUT2D eigenvalue weighted by Gasteiger charge is 2.46. The minimum atomic E-state index is -2.91. The minimum absolute atomic E-state index is 0.0509. The normalized spacial score (nSPS) is 13.2. The van der Waals surface area contributed by atoms with Crippen LogP contribution < -0.4 is 0 Å². The molecule has 1 atom stereocenters. The molecule has 0 aliphatic heterocycles. The summed E-state index contributed by atoms with van der Waals surface area (Å²) in [7, 11) is 0. The van der Waals surface area contributed by atoms with Crippen LogP contribution in [0.2, 0.25) is 0 Å². The summed E-state index contributed by atoms with van der Waals surface area (Å²) in [4.78, 5) is 33.0. The maximum Gasteiger partial charge on any atom is 0.350 e. The SMILES string of the molecule is O=C(O)CCC(O)(C(=O)O)C(=O)OCCOCCOCCOCCO. The number of rotatable bonds is 16. The molecule has 0 aliphatic carbocycles. The van der Waals surface area contributed by atoms with Crippen LogP contribution in [0.1, 0.15) is 12.8 Å². The second-order valence-electron chi connectivity index (χ2n) is 4.76. The molecule has 11 nitrogen and oxygen atoms in total. The summed E-state index contributed by atoms with van der Waals surface area (Å²) in [5.41, 5.74) is -2.91. The lowest BCUT2D eigenvalue weighted by Gasteiger charge is -2.20. The first-order valence-corrected chi connectivity index (χ1v) is 7.53. The number of aliphatic hydroxyl groups is 2. The van der Waals surface area contributed by atoms with E-state index in [1.54, 1.807) is 0 Å². The first-order valence-electron chi connectivity index (χ1n) is 7.53. The standard InChI is InChI=1S/C14H24O11/c15-3-4-22-5-6-23-7-8-24-9-10-25-13(20)14(21,12(18)19)2-1-11(16)17/h15,21H,1-10H2,(H,16,17)(H,18,19). The van der Waals surface area contributed by atoms with E-state index in [4.69, 9.17) is 29.5 Å². The molecule has 0 bridgehead atoms. The van der Waals surface area contributed by atoms with Crippen molar-refractivity contribution in [3.8, 4) is 0 Å². The summed E-state index contributed by atoms with van der Waals surface area (Å²) in [5, 5.41) is 35.6. The number of ether oxygens (including phenoxy) is 4. The lowest BCUT2D eigenvalue weighted by Crippen LogP contribution is -2.48. The van der Waals surface area contributed by atoms with Gasteiger partial charge in [0.05, 0.1) is 46.2 Å². The number of hydrogen-bond acceptors (Lipinski definition) is 9. The minimum Gasteiger partial charge on any atom is -0.481 e. The maximum absolute atomic E-state index is 11.6. The number of aliphatic carboxylic acids is 2. The Balaban J connectivity index is 3.82. The molecule has 0 spiro atoms. The summed E-state index contributed by atoms with van der Waals surface area (Å²) in [6.07, 6.45) is -1.50. The second kappa shape index (κ2) is 13.5. The van der Waals surface area contributed by atoms with Crippen molar-refractivity contribution in [2.45, 2.75) is 18.4 Å². The molecule has 0 fully saturated rings. The van der Waals surface area contributed by atoms with Crippen molar-refractivity contribution in [2.24, 2.45) is 0 Å². The molecule has 0 saturated carbocycles. The Kier molecular flexibility index (Phi) is 12.5. The van der Waals surface area contributed by atoms with Gasteiger partial charge in [0.2, 0.25) is 0 Å². The fourth-order valence-electron chi connectivity index (χ4n) is 1.50. The van der Waals surface area contributed by atoms with Crippen LogP contribution in [0, 0.1) is 0 Å². The van der Waals surface area contributed by atoms with Crippen LogP contribution in [-0.4, -0.2) is 96.8 Å². The molecule has 1 unspecified atom stereocenters. The zero-order chi connectivity index (χ0) is 19.1. The van der Waals surface area contributed by atoms with Gasteiger partial charge in [-0.3, -0.25) is 4.79 Å². The Hall–Kier alpha value is -1.79. The Bertz CT molecular complexity index is 412. The zero-order valence-corrected chi connectivity index (χ0v) is 13.7.